The number of Topliss-reactive ketones (excluding diaryl/α,β-unsaturated/α-hetero) is 1. The minimum absolute atomic E-state index is 0.0414. The topological polar surface area (TPSA) is 44.1 Å². The Labute approximate surface area is 78.6 Å². The van der Waals surface area contributed by atoms with Crippen molar-refractivity contribution in [2.75, 3.05) is 13.6 Å². The van der Waals surface area contributed by atoms with Crippen molar-refractivity contribution in [3.8, 4) is 6.07 Å². The number of likely N-dealkylation sites (N-methyl/N-ethyl adjacent to an activating group) is 1. The Morgan fingerprint density at radius 1 is 1.69 bits per heavy atom. The Bertz CT molecular complexity index is 299. The van der Waals surface area contributed by atoms with Crippen LogP contribution in [0.4, 0.5) is 0 Å². The molecule has 1 unspecified atom stereocenters. The van der Waals surface area contributed by atoms with Crippen LogP contribution in [-0.2, 0) is 4.79 Å². The molecule has 0 aromatic rings. The highest BCUT2D eigenvalue weighted by Crippen LogP contribution is 2.26. The van der Waals surface area contributed by atoms with Crippen LogP contribution in [0.15, 0.2) is 11.3 Å². The Kier molecular flexibility index (Phi) is 2.72. The number of rotatable bonds is 2. The van der Waals surface area contributed by atoms with E-state index in [1.54, 1.807) is 0 Å². The van der Waals surface area contributed by atoms with E-state index in [9.17, 15) is 4.79 Å². The molecule has 0 amide bonds. The van der Waals surface area contributed by atoms with Crippen molar-refractivity contribution in [1.82, 2.24) is 4.90 Å². The molecule has 70 valence electrons. The molecule has 0 aliphatic carbocycles. The highest BCUT2D eigenvalue weighted by Gasteiger charge is 2.29. The first-order valence-electron chi connectivity index (χ1n) is 4.50. The van der Waals surface area contributed by atoms with Crippen LogP contribution in [0, 0.1) is 17.2 Å². The lowest BCUT2D eigenvalue weighted by molar-refractivity contribution is -0.114. The van der Waals surface area contributed by atoms with Crippen LogP contribution in [0.3, 0.4) is 0 Å². The quantitative estimate of drug-likeness (QED) is 0.640. The average Bonchev–Trinajstić information content (AvgIpc) is 2.39. The van der Waals surface area contributed by atoms with Gasteiger partial charge >= 0.3 is 0 Å². The fraction of sp³-hybridized carbons (Fsp3) is 0.600. The molecule has 0 aromatic carbocycles. The van der Waals surface area contributed by atoms with Gasteiger partial charge in [-0.3, -0.25) is 4.79 Å². The molecule has 1 heterocycles. The summed E-state index contributed by atoms with van der Waals surface area (Å²) in [6.07, 6.45) is 0.956. The maximum absolute atomic E-state index is 11.3. The molecule has 1 aliphatic rings. The van der Waals surface area contributed by atoms with Crippen LogP contribution < -0.4 is 0 Å². The van der Waals surface area contributed by atoms with Crippen LogP contribution in [0.2, 0.25) is 0 Å². The average molecular weight is 178 g/mol. The maximum Gasteiger partial charge on any atom is 0.194 e. The fourth-order valence-corrected chi connectivity index (χ4v) is 1.65. The Balaban J connectivity index is 3.08. The minimum Gasteiger partial charge on any atom is -0.369 e. The van der Waals surface area contributed by atoms with Crippen LogP contribution >= 0.6 is 0 Å². The summed E-state index contributed by atoms with van der Waals surface area (Å²) >= 11 is 0. The molecular weight excluding hydrogens is 164 g/mol. The van der Waals surface area contributed by atoms with E-state index in [0.29, 0.717) is 18.0 Å². The molecule has 0 N–H and O–H groups in total. The molecule has 0 spiro atoms. The van der Waals surface area contributed by atoms with Crippen LogP contribution in [0.5, 0.6) is 0 Å². The third-order valence-electron chi connectivity index (χ3n) is 2.52. The maximum atomic E-state index is 11.3. The van der Waals surface area contributed by atoms with Crippen molar-refractivity contribution < 1.29 is 4.79 Å². The molecule has 0 saturated carbocycles. The number of ketones is 1. The first kappa shape index (κ1) is 9.79. The molecule has 3 heteroatoms. The lowest BCUT2D eigenvalue weighted by Crippen LogP contribution is -2.19. The van der Waals surface area contributed by atoms with Crippen molar-refractivity contribution in [3.05, 3.63) is 11.3 Å². The van der Waals surface area contributed by atoms with Gasteiger partial charge in [0.1, 0.15) is 11.6 Å². The number of carbonyl (C=O) groups excluding carboxylic acids is 1. The zero-order valence-corrected chi connectivity index (χ0v) is 8.29. The zero-order chi connectivity index (χ0) is 10.0. The van der Waals surface area contributed by atoms with Gasteiger partial charge in [-0.2, -0.15) is 5.26 Å². The third kappa shape index (κ3) is 1.57. The van der Waals surface area contributed by atoms with Gasteiger partial charge in [0, 0.05) is 12.7 Å². The summed E-state index contributed by atoms with van der Waals surface area (Å²) in [5.74, 6) is 0.256. The van der Waals surface area contributed by atoms with Gasteiger partial charge in [-0.25, -0.2) is 0 Å². The van der Waals surface area contributed by atoms with Crippen LogP contribution in [0.1, 0.15) is 20.3 Å². The van der Waals surface area contributed by atoms with E-state index < -0.39 is 0 Å². The molecule has 0 saturated heterocycles. The van der Waals surface area contributed by atoms with Gasteiger partial charge in [0.25, 0.3) is 0 Å². The van der Waals surface area contributed by atoms with Gasteiger partial charge in [-0.1, -0.05) is 13.8 Å². The van der Waals surface area contributed by atoms with Gasteiger partial charge in [0.15, 0.2) is 5.78 Å². The van der Waals surface area contributed by atoms with E-state index >= 15 is 0 Å². The second kappa shape index (κ2) is 3.61. The molecule has 13 heavy (non-hydrogen) atoms. The van der Waals surface area contributed by atoms with E-state index in [2.05, 4.69) is 6.92 Å². The minimum atomic E-state index is -0.0414. The molecule has 0 bridgehead atoms. The van der Waals surface area contributed by atoms with E-state index in [1.165, 1.54) is 0 Å². The molecule has 1 aliphatic heterocycles. The predicted molar refractivity (Wildman–Crippen MR) is 49.7 cm³/mol. The summed E-state index contributed by atoms with van der Waals surface area (Å²) in [5.41, 5.74) is 1.27. The molecule has 3 nitrogen and oxygen atoms in total. The van der Waals surface area contributed by atoms with E-state index in [0.717, 1.165) is 12.1 Å². The van der Waals surface area contributed by atoms with E-state index in [-0.39, 0.29) is 5.78 Å². The van der Waals surface area contributed by atoms with Crippen LogP contribution in [0.25, 0.3) is 0 Å². The number of carbonyl (C=O) groups is 1. The number of hydrogen-bond donors (Lipinski definition) is 0. The summed E-state index contributed by atoms with van der Waals surface area (Å²) in [4.78, 5) is 13.2. The second-order valence-electron chi connectivity index (χ2n) is 3.46. The number of allylic oxidation sites excluding steroid dienone is 1. The lowest BCUT2D eigenvalue weighted by Gasteiger charge is -2.19. The zero-order valence-electron chi connectivity index (χ0n) is 8.29. The summed E-state index contributed by atoms with van der Waals surface area (Å²) in [7, 11) is 1.86. The first-order chi connectivity index (χ1) is 6.11. The summed E-state index contributed by atoms with van der Waals surface area (Å²) < 4.78 is 0. The van der Waals surface area contributed by atoms with E-state index in [4.69, 9.17) is 5.26 Å². The number of hydrogen-bond acceptors (Lipinski definition) is 3. The Morgan fingerprint density at radius 3 is 2.77 bits per heavy atom. The highest BCUT2D eigenvalue weighted by atomic mass is 16.1. The number of nitrogens with zero attached hydrogens (tertiary/aromatic N) is 2. The second-order valence-corrected chi connectivity index (χ2v) is 3.46. The van der Waals surface area contributed by atoms with Gasteiger partial charge in [-0.15, -0.1) is 0 Å². The van der Waals surface area contributed by atoms with Gasteiger partial charge < -0.3 is 4.90 Å². The normalized spacial score (nSPS) is 19.2. The van der Waals surface area contributed by atoms with E-state index in [1.807, 2.05) is 24.9 Å². The summed E-state index contributed by atoms with van der Waals surface area (Å²) in [5, 5.41) is 8.81. The monoisotopic (exact) mass is 178 g/mol. The molecule has 1 rings (SSSR count). The molecule has 0 fully saturated rings. The van der Waals surface area contributed by atoms with Crippen molar-refractivity contribution in [2.24, 2.45) is 5.92 Å². The number of nitriles is 1. The summed E-state index contributed by atoms with van der Waals surface area (Å²) in [6, 6.07) is 2.00. The SMILES string of the molecule is CCC(C)C1=C(C#N)C(=O)CN1C. The molecule has 0 aromatic heterocycles. The molecule has 1 atom stereocenters. The Hall–Kier alpha value is -1.30. The van der Waals surface area contributed by atoms with Crippen LogP contribution in [-0.4, -0.2) is 24.3 Å². The fourth-order valence-electron chi connectivity index (χ4n) is 1.65. The first-order valence-corrected chi connectivity index (χ1v) is 4.50. The highest BCUT2D eigenvalue weighted by molar-refractivity contribution is 6.03. The van der Waals surface area contributed by atoms with Gasteiger partial charge in [0.05, 0.1) is 6.54 Å². The van der Waals surface area contributed by atoms with Gasteiger partial charge in [0.2, 0.25) is 0 Å². The standard InChI is InChI=1S/C10H14N2O/c1-4-7(2)10-8(5-11)9(13)6-12(10)3/h7H,4,6H2,1-3H3. The van der Waals surface area contributed by atoms with Gasteiger partial charge in [-0.05, 0) is 12.3 Å². The third-order valence-corrected chi connectivity index (χ3v) is 2.52. The molecular formula is C10H14N2O. The van der Waals surface area contributed by atoms with Crippen molar-refractivity contribution in [2.45, 2.75) is 20.3 Å². The van der Waals surface area contributed by atoms with Crippen molar-refractivity contribution >= 4 is 5.78 Å². The van der Waals surface area contributed by atoms with Crippen molar-refractivity contribution in [1.29, 1.82) is 5.26 Å². The molecule has 0 radical (unpaired) electrons. The smallest absolute Gasteiger partial charge is 0.194 e. The largest absolute Gasteiger partial charge is 0.369 e. The predicted octanol–water partition coefficient (Wildman–Crippen LogP) is 1.32. The van der Waals surface area contributed by atoms with Crippen molar-refractivity contribution in [3.63, 3.8) is 0 Å². The lowest BCUT2D eigenvalue weighted by atomic mass is 10.0. The summed E-state index contributed by atoms with van der Waals surface area (Å²) in [6.45, 7) is 4.47. The Morgan fingerprint density at radius 2 is 2.31 bits per heavy atom.